The number of nitrogens with zero attached hydrogens (tertiary/aromatic N) is 1. The molecular formula is C12H13F3N2O. The molecule has 6 heteroatoms. The Hall–Kier alpha value is -1.56. The van der Waals surface area contributed by atoms with Crippen LogP contribution in [0.3, 0.4) is 0 Å². The molecule has 98 valence electrons. The monoisotopic (exact) mass is 258 g/mol. The highest BCUT2D eigenvalue weighted by Crippen LogP contribution is 2.31. The van der Waals surface area contributed by atoms with E-state index in [-0.39, 0.29) is 25.3 Å². The molecule has 2 aromatic rings. The highest BCUT2D eigenvalue weighted by Gasteiger charge is 2.39. The molecule has 1 aromatic heterocycles. The van der Waals surface area contributed by atoms with Gasteiger partial charge in [0, 0.05) is 6.42 Å². The molecule has 0 amide bonds. The van der Waals surface area contributed by atoms with Crippen molar-refractivity contribution >= 4 is 11.1 Å². The number of para-hydroxylation sites is 2. The maximum atomic E-state index is 12.7. The summed E-state index contributed by atoms with van der Waals surface area (Å²) < 4.78 is 43.5. The topological polar surface area (TPSA) is 52.0 Å². The first-order chi connectivity index (χ1) is 8.50. The number of halogens is 3. The van der Waals surface area contributed by atoms with E-state index in [9.17, 15) is 13.2 Å². The molecule has 0 aliphatic carbocycles. The van der Waals surface area contributed by atoms with E-state index in [0.717, 1.165) is 0 Å². The van der Waals surface area contributed by atoms with E-state index in [1.807, 2.05) is 0 Å². The van der Waals surface area contributed by atoms with Gasteiger partial charge in [-0.25, -0.2) is 4.98 Å². The second-order valence-corrected chi connectivity index (χ2v) is 4.10. The molecule has 1 aromatic carbocycles. The minimum absolute atomic E-state index is 0.00952. The molecule has 1 atom stereocenters. The number of alkyl halides is 3. The number of hydrogen-bond acceptors (Lipinski definition) is 3. The Kier molecular flexibility index (Phi) is 3.56. The van der Waals surface area contributed by atoms with Gasteiger partial charge in [-0.05, 0) is 25.1 Å². The third kappa shape index (κ3) is 2.81. The van der Waals surface area contributed by atoms with Gasteiger partial charge in [0.25, 0.3) is 0 Å². The summed E-state index contributed by atoms with van der Waals surface area (Å²) in [4.78, 5) is 4.04. The number of benzene rings is 1. The molecule has 2 rings (SSSR count). The molecule has 0 aliphatic rings. The summed E-state index contributed by atoms with van der Waals surface area (Å²) in [5.74, 6) is -1.40. The number of hydrogen-bond donors (Lipinski definition) is 1. The zero-order valence-electron chi connectivity index (χ0n) is 9.57. The Bertz CT molecular complexity index is 488. The molecule has 0 unspecified atom stereocenters. The van der Waals surface area contributed by atoms with Gasteiger partial charge in [-0.1, -0.05) is 12.1 Å². The Morgan fingerprint density at radius 1 is 1.28 bits per heavy atom. The zero-order chi connectivity index (χ0) is 13.2. The van der Waals surface area contributed by atoms with Gasteiger partial charge >= 0.3 is 6.18 Å². The van der Waals surface area contributed by atoms with Crippen LogP contribution < -0.4 is 5.73 Å². The van der Waals surface area contributed by atoms with Crippen LogP contribution in [0.1, 0.15) is 12.3 Å². The van der Waals surface area contributed by atoms with E-state index < -0.39 is 12.1 Å². The van der Waals surface area contributed by atoms with E-state index in [4.69, 9.17) is 10.2 Å². The van der Waals surface area contributed by atoms with Crippen LogP contribution in [0, 0.1) is 5.92 Å². The number of oxazole rings is 1. The fourth-order valence-electron chi connectivity index (χ4n) is 1.80. The van der Waals surface area contributed by atoms with Crippen LogP contribution >= 0.6 is 0 Å². The van der Waals surface area contributed by atoms with Crippen LogP contribution in [0.25, 0.3) is 11.1 Å². The predicted molar refractivity (Wildman–Crippen MR) is 60.9 cm³/mol. The Morgan fingerprint density at radius 3 is 2.61 bits per heavy atom. The lowest BCUT2D eigenvalue weighted by molar-refractivity contribution is -0.176. The van der Waals surface area contributed by atoms with Gasteiger partial charge < -0.3 is 10.2 Å². The normalized spacial score (nSPS) is 14.0. The van der Waals surface area contributed by atoms with Crippen molar-refractivity contribution in [3.63, 3.8) is 0 Å². The summed E-state index contributed by atoms with van der Waals surface area (Å²) in [6, 6.07) is 6.89. The molecule has 0 fully saturated rings. The van der Waals surface area contributed by atoms with E-state index in [1.54, 1.807) is 24.3 Å². The third-order valence-electron chi connectivity index (χ3n) is 2.74. The largest absolute Gasteiger partial charge is 0.441 e. The zero-order valence-corrected chi connectivity index (χ0v) is 9.57. The first kappa shape index (κ1) is 12.9. The minimum atomic E-state index is -4.28. The quantitative estimate of drug-likeness (QED) is 0.917. The second kappa shape index (κ2) is 4.97. The summed E-state index contributed by atoms with van der Waals surface area (Å²) >= 11 is 0. The lowest BCUT2D eigenvalue weighted by Gasteiger charge is -2.17. The highest BCUT2D eigenvalue weighted by atomic mass is 19.4. The fraction of sp³-hybridized carbons (Fsp3) is 0.417. The van der Waals surface area contributed by atoms with Gasteiger partial charge in [0.05, 0.1) is 5.92 Å². The maximum absolute atomic E-state index is 12.7. The average Bonchev–Trinajstić information content (AvgIpc) is 2.69. The smallest absolute Gasteiger partial charge is 0.392 e. The average molecular weight is 258 g/mol. The van der Waals surface area contributed by atoms with Gasteiger partial charge in [0.1, 0.15) is 5.52 Å². The molecule has 18 heavy (non-hydrogen) atoms. The third-order valence-corrected chi connectivity index (χ3v) is 2.74. The van der Waals surface area contributed by atoms with Gasteiger partial charge in [-0.3, -0.25) is 0 Å². The lowest BCUT2D eigenvalue weighted by Crippen LogP contribution is -2.27. The summed E-state index contributed by atoms with van der Waals surface area (Å²) in [7, 11) is 0. The first-order valence-electron chi connectivity index (χ1n) is 5.62. The highest BCUT2D eigenvalue weighted by molar-refractivity contribution is 5.72. The fourth-order valence-corrected chi connectivity index (χ4v) is 1.80. The molecule has 3 nitrogen and oxygen atoms in total. The maximum Gasteiger partial charge on any atom is 0.392 e. The molecule has 0 saturated carbocycles. The Labute approximate surface area is 102 Å². The summed E-state index contributed by atoms with van der Waals surface area (Å²) in [5.41, 5.74) is 6.28. The molecule has 0 spiro atoms. The number of nitrogens with two attached hydrogens (primary N) is 1. The van der Waals surface area contributed by atoms with Crippen molar-refractivity contribution in [1.29, 1.82) is 0 Å². The van der Waals surface area contributed by atoms with E-state index in [2.05, 4.69) is 4.98 Å². The molecular weight excluding hydrogens is 245 g/mol. The molecule has 0 radical (unpaired) electrons. The summed E-state index contributed by atoms with van der Waals surface area (Å²) in [5, 5.41) is 0. The lowest BCUT2D eigenvalue weighted by atomic mass is 10.0. The van der Waals surface area contributed by atoms with Crippen LogP contribution in [0.5, 0.6) is 0 Å². The number of fused-ring (bicyclic) bond motifs is 1. The minimum Gasteiger partial charge on any atom is -0.441 e. The molecule has 0 saturated heterocycles. The van der Waals surface area contributed by atoms with E-state index >= 15 is 0 Å². The Morgan fingerprint density at radius 2 is 2.00 bits per heavy atom. The second-order valence-electron chi connectivity index (χ2n) is 4.10. The summed E-state index contributed by atoms with van der Waals surface area (Å²) in [6.45, 7) is -0.00952. The van der Waals surface area contributed by atoms with Crippen molar-refractivity contribution in [3.8, 4) is 0 Å². The summed E-state index contributed by atoms with van der Waals surface area (Å²) in [6.07, 6.45) is -4.67. The van der Waals surface area contributed by atoms with E-state index in [0.29, 0.717) is 11.1 Å². The molecule has 0 bridgehead atoms. The van der Waals surface area contributed by atoms with Crippen molar-refractivity contribution in [3.05, 3.63) is 30.2 Å². The molecule has 2 N–H and O–H groups in total. The standard InChI is InChI=1S/C12H13F3N2O/c13-12(14,15)8(5-6-16)7-11-17-9-3-1-2-4-10(9)18-11/h1-4,8H,5-7,16H2/t8-/m1/s1. The number of rotatable bonds is 4. The van der Waals surface area contributed by atoms with Crippen LogP contribution in [-0.2, 0) is 6.42 Å². The van der Waals surface area contributed by atoms with Crippen molar-refractivity contribution in [1.82, 2.24) is 4.98 Å². The van der Waals surface area contributed by atoms with Crippen molar-refractivity contribution in [2.45, 2.75) is 19.0 Å². The number of aromatic nitrogens is 1. The predicted octanol–water partition coefficient (Wildman–Crippen LogP) is 2.90. The van der Waals surface area contributed by atoms with Crippen molar-refractivity contribution in [2.24, 2.45) is 11.7 Å². The van der Waals surface area contributed by atoms with Crippen LogP contribution in [0.15, 0.2) is 28.7 Å². The van der Waals surface area contributed by atoms with Crippen LogP contribution in [0.2, 0.25) is 0 Å². The van der Waals surface area contributed by atoms with Crippen LogP contribution in [0.4, 0.5) is 13.2 Å². The SMILES string of the molecule is NCC[C@H](Cc1nc2ccccc2o1)C(F)(F)F. The van der Waals surface area contributed by atoms with Gasteiger partial charge in [0.2, 0.25) is 0 Å². The van der Waals surface area contributed by atoms with Crippen LogP contribution in [-0.4, -0.2) is 17.7 Å². The van der Waals surface area contributed by atoms with Gasteiger partial charge in [-0.2, -0.15) is 13.2 Å². The van der Waals surface area contributed by atoms with Gasteiger partial charge in [0.15, 0.2) is 11.5 Å². The Balaban J connectivity index is 2.20. The molecule has 0 aliphatic heterocycles. The first-order valence-corrected chi connectivity index (χ1v) is 5.62. The molecule has 1 heterocycles. The van der Waals surface area contributed by atoms with E-state index in [1.165, 1.54) is 0 Å². The van der Waals surface area contributed by atoms with Gasteiger partial charge in [-0.15, -0.1) is 0 Å². The van der Waals surface area contributed by atoms with Crippen molar-refractivity contribution in [2.75, 3.05) is 6.54 Å². The van der Waals surface area contributed by atoms with Crippen molar-refractivity contribution < 1.29 is 17.6 Å².